The Kier molecular flexibility index (Phi) is 7.27. The van der Waals surface area contributed by atoms with Crippen LogP contribution < -0.4 is 10.6 Å². The SMILES string of the molecule is O=C(NCCCCCCO)C(=O)Nc1ccccc1. The highest BCUT2D eigenvalue weighted by Gasteiger charge is 2.12. The molecule has 5 nitrogen and oxygen atoms in total. The number of hydrogen-bond acceptors (Lipinski definition) is 3. The van der Waals surface area contributed by atoms with Gasteiger partial charge in [0.05, 0.1) is 0 Å². The molecule has 0 saturated heterocycles. The first-order valence-electron chi connectivity index (χ1n) is 6.49. The lowest BCUT2D eigenvalue weighted by Crippen LogP contribution is -2.35. The van der Waals surface area contributed by atoms with Crippen molar-refractivity contribution in [1.29, 1.82) is 0 Å². The van der Waals surface area contributed by atoms with E-state index < -0.39 is 11.8 Å². The normalized spacial score (nSPS) is 9.95. The number of para-hydroxylation sites is 1. The van der Waals surface area contributed by atoms with Gasteiger partial charge in [-0.25, -0.2) is 0 Å². The van der Waals surface area contributed by atoms with Crippen molar-refractivity contribution in [1.82, 2.24) is 5.32 Å². The van der Waals surface area contributed by atoms with Crippen LogP contribution in [0.1, 0.15) is 25.7 Å². The summed E-state index contributed by atoms with van der Waals surface area (Å²) in [5, 5.41) is 13.7. The van der Waals surface area contributed by atoms with Crippen LogP contribution in [0.2, 0.25) is 0 Å². The van der Waals surface area contributed by atoms with E-state index in [-0.39, 0.29) is 6.61 Å². The van der Waals surface area contributed by atoms with Crippen LogP contribution in [0.15, 0.2) is 30.3 Å². The van der Waals surface area contributed by atoms with E-state index in [1.54, 1.807) is 24.3 Å². The van der Waals surface area contributed by atoms with E-state index >= 15 is 0 Å². The third-order valence-corrected chi connectivity index (χ3v) is 2.61. The Morgan fingerprint density at radius 1 is 0.947 bits per heavy atom. The first-order chi connectivity index (χ1) is 9.24. The minimum Gasteiger partial charge on any atom is -0.396 e. The number of nitrogens with one attached hydrogen (secondary N) is 2. The Morgan fingerprint density at radius 3 is 2.32 bits per heavy atom. The highest BCUT2D eigenvalue weighted by Crippen LogP contribution is 2.04. The van der Waals surface area contributed by atoms with Gasteiger partial charge in [0, 0.05) is 18.8 Å². The van der Waals surface area contributed by atoms with Gasteiger partial charge >= 0.3 is 11.8 Å². The molecule has 0 aromatic heterocycles. The molecule has 3 N–H and O–H groups in total. The molecule has 0 aliphatic carbocycles. The zero-order valence-electron chi connectivity index (χ0n) is 10.9. The van der Waals surface area contributed by atoms with Gasteiger partial charge in [-0.2, -0.15) is 0 Å². The number of unbranched alkanes of at least 4 members (excludes halogenated alkanes) is 3. The van der Waals surface area contributed by atoms with Crippen molar-refractivity contribution in [3.63, 3.8) is 0 Å². The number of aliphatic hydroxyl groups is 1. The second kappa shape index (κ2) is 9.10. The average molecular weight is 264 g/mol. The molecule has 0 fully saturated rings. The minimum absolute atomic E-state index is 0.200. The van der Waals surface area contributed by atoms with Gasteiger partial charge in [-0.15, -0.1) is 0 Å². The standard InChI is InChI=1S/C14H20N2O3/c17-11-7-2-1-6-10-15-13(18)14(19)16-12-8-4-3-5-9-12/h3-5,8-9,17H,1-2,6-7,10-11H2,(H,15,18)(H,16,19). The summed E-state index contributed by atoms with van der Waals surface area (Å²) in [6, 6.07) is 8.85. The summed E-state index contributed by atoms with van der Waals surface area (Å²) in [5.74, 6) is -1.27. The highest BCUT2D eigenvalue weighted by atomic mass is 16.3. The van der Waals surface area contributed by atoms with E-state index in [1.807, 2.05) is 6.07 Å². The molecule has 0 aliphatic rings. The average Bonchev–Trinajstić information content (AvgIpc) is 2.43. The lowest BCUT2D eigenvalue weighted by atomic mass is 10.2. The molecule has 19 heavy (non-hydrogen) atoms. The third kappa shape index (κ3) is 6.57. The number of carbonyl (C=O) groups excluding carboxylic acids is 2. The van der Waals surface area contributed by atoms with Gasteiger partial charge in [0.15, 0.2) is 0 Å². The molecule has 0 saturated carbocycles. The molecule has 1 aromatic rings. The number of hydrogen-bond donors (Lipinski definition) is 3. The summed E-state index contributed by atoms with van der Waals surface area (Å²) in [4.78, 5) is 23.0. The Balaban J connectivity index is 2.17. The summed E-state index contributed by atoms with van der Waals surface area (Å²) in [7, 11) is 0. The van der Waals surface area contributed by atoms with Gasteiger partial charge in [-0.3, -0.25) is 9.59 Å². The molecule has 5 heteroatoms. The second-order valence-electron chi connectivity index (χ2n) is 4.21. The quantitative estimate of drug-likeness (QED) is 0.513. The van der Waals surface area contributed by atoms with Gasteiger partial charge in [-0.1, -0.05) is 31.0 Å². The van der Waals surface area contributed by atoms with E-state index in [2.05, 4.69) is 10.6 Å². The van der Waals surface area contributed by atoms with Crippen molar-refractivity contribution in [3.8, 4) is 0 Å². The van der Waals surface area contributed by atoms with Crippen molar-refractivity contribution < 1.29 is 14.7 Å². The van der Waals surface area contributed by atoms with E-state index in [1.165, 1.54) is 0 Å². The van der Waals surface area contributed by atoms with Gasteiger partial charge in [-0.05, 0) is 25.0 Å². The Labute approximate surface area is 113 Å². The highest BCUT2D eigenvalue weighted by molar-refractivity contribution is 6.39. The van der Waals surface area contributed by atoms with Crippen molar-refractivity contribution in [3.05, 3.63) is 30.3 Å². The molecule has 0 atom stereocenters. The number of amides is 2. The first kappa shape index (κ1) is 15.2. The van der Waals surface area contributed by atoms with Crippen LogP contribution in [0.25, 0.3) is 0 Å². The minimum atomic E-state index is -0.651. The van der Waals surface area contributed by atoms with Gasteiger partial charge in [0.2, 0.25) is 0 Å². The van der Waals surface area contributed by atoms with E-state index in [0.717, 1.165) is 25.7 Å². The molecule has 2 amide bonds. The Hall–Kier alpha value is -1.88. The second-order valence-corrected chi connectivity index (χ2v) is 4.21. The number of aliphatic hydroxyl groups excluding tert-OH is 1. The smallest absolute Gasteiger partial charge is 0.313 e. The van der Waals surface area contributed by atoms with Crippen LogP contribution in [0, 0.1) is 0 Å². The van der Waals surface area contributed by atoms with Crippen molar-refractivity contribution >= 4 is 17.5 Å². The summed E-state index contributed by atoms with van der Waals surface area (Å²) in [6.07, 6.45) is 3.45. The molecule has 1 aromatic carbocycles. The summed E-state index contributed by atoms with van der Waals surface area (Å²) in [6.45, 7) is 0.679. The molecule has 0 heterocycles. The van der Waals surface area contributed by atoms with Gasteiger partial charge < -0.3 is 15.7 Å². The predicted molar refractivity (Wildman–Crippen MR) is 73.6 cm³/mol. The fourth-order valence-electron chi connectivity index (χ4n) is 1.58. The zero-order chi connectivity index (χ0) is 13.9. The fourth-order valence-corrected chi connectivity index (χ4v) is 1.58. The van der Waals surface area contributed by atoms with E-state index in [0.29, 0.717) is 12.2 Å². The van der Waals surface area contributed by atoms with Crippen LogP contribution in [-0.2, 0) is 9.59 Å². The maximum Gasteiger partial charge on any atom is 0.313 e. The zero-order valence-corrected chi connectivity index (χ0v) is 10.9. The number of carbonyl (C=O) groups is 2. The monoisotopic (exact) mass is 264 g/mol. The molecule has 1 rings (SSSR count). The fraction of sp³-hybridized carbons (Fsp3) is 0.429. The Bertz CT molecular complexity index is 393. The topological polar surface area (TPSA) is 78.4 Å². The molecule has 0 radical (unpaired) electrons. The van der Waals surface area contributed by atoms with Crippen LogP contribution in [-0.4, -0.2) is 30.1 Å². The summed E-state index contributed by atoms with van der Waals surface area (Å²) in [5.41, 5.74) is 0.602. The summed E-state index contributed by atoms with van der Waals surface area (Å²) < 4.78 is 0. The first-order valence-corrected chi connectivity index (χ1v) is 6.49. The lowest BCUT2D eigenvalue weighted by molar-refractivity contribution is -0.136. The third-order valence-electron chi connectivity index (χ3n) is 2.61. The van der Waals surface area contributed by atoms with E-state index in [9.17, 15) is 9.59 Å². The van der Waals surface area contributed by atoms with Crippen molar-refractivity contribution in [2.24, 2.45) is 0 Å². The molecule has 104 valence electrons. The predicted octanol–water partition coefficient (Wildman–Crippen LogP) is 1.29. The molecule has 0 unspecified atom stereocenters. The maximum absolute atomic E-state index is 11.5. The molecular formula is C14H20N2O3. The molecular weight excluding hydrogens is 244 g/mol. The number of benzene rings is 1. The molecule has 0 spiro atoms. The number of anilines is 1. The van der Waals surface area contributed by atoms with E-state index in [4.69, 9.17) is 5.11 Å². The molecule has 0 aliphatic heterocycles. The van der Waals surface area contributed by atoms with Gasteiger partial charge in [0.1, 0.15) is 0 Å². The number of rotatable bonds is 7. The van der Waals surface area contributed by atoms with Crippen molar-refractivity contribution in [2.45, 2.75) is 25.7 Å². The molecule has 0 bridgehead atoms. The van der Waals surface area contributed by atoms with Crippen LogP contribution in [0.4, 0.5) is 5.69 Å². The van der Waals surface area contributed by atoms with Gasteiger partial charge in [0.25, 0.3) is 0 Å². The summed E-state index contributed by atoms with van der Waals surface area (Å²) >= 11 is 0. The largest absolute Gasteiger partial charge is 0.396 e. The Morgan fingerprint density at radius 2 is 1.63 bits per heavy atom. The van der Waals surface area contributed by atoms with Crippen LogP contribution in [0.3, 0.4) is 0 Å². The lowest BCUT2D eigenvalue weighted by Gasteiger charge is -2.06. The van der Waals surface area contributed by atoms with Crippen molar-refractivity contribution in [2.75, 3.05) is 18.5 Å². The van der Waals surface area contributed by atoms with Crippen LogP contribution >= 0.6 is 0 Å². The van der Waals surface area contributed by atoms with Crippen LogP contribution in [0.5, 0.6) is 0 Å². The maximum atomic E-state index is 11.5.